The van der Waals surface area contributed by atoms with E-state index >= 15 is 0 Å². The highest BCUT2D eigenvalue weighted by Crippen LogP contribution is 2.28. The van der Waals surface area contributed by atoms with Crippen LogP contribution in [-0.2, 0) is 0 Å². The summed E-state index contributed by atoms with van der Waals surface area (Å²) >= 11 is 0. The van der Waals surface area contributed by atoms with Crippen molar-refractivity contribution < 1.29 is 9.13 Å². The van der Waals surface area contributed by atoms with Gasteiger partial charge in [0.25, 0.3) is 0 Å². The van der Waals surface area contributed by atoms with Gasteiger partial charge in [-0.05, 0) is 30.3 Å². The van der Waals surface area contributed by atoms with Crippen LogP contribution in [0, 0.1) is 5.82 Å². The summed E-state index contributed by atoms with van der Waals surface area (Å²) in [7, 11) is 0. The predicted molar refractivity (Wildman–Crippen MR) is 70.4 cm³/mol. The summed E-state index contributed by atoms with van der Waals surface area (Å²) in [6.45, 7) is 0. The number of fused-ring (bicyclic) bond motifs is 1. The Morgan fingerprint density at radius 2 is 1.95 bits per heavy atom. The molecule has 2 N–H and O–H groups in total. The minimum Gasteiger partial charge on any atom is -0.438 e. The van der Waals surface area contributed by atoms with E-state index in [4.69, 9.17) is 10.5 Å². The van der Waals surface area contributed by atoms with E-state index in [1.54, 1.807) is 30.3 Å². The Kier molecular flexibility index (Phi) is 2.72. The Balaban J connectivity index is 2.07. The molecule has 5 heteroatoms. The summed E-state index contributed by atoms with van der Waals surface area (Å²) in [5, 5.41) is 0.687. The van der Waals surface area contributed by atoms with Gasteiger partial charge in [0, 0.05) is 11.8 Å². The molecule has 0 aliphatic rings. The number of anilines is 1. The second-order valence-electron chi connectivity index (χ2n) is 4.01. The number of nitrogens with zero attached hydrogens (tertiary/aromatic N) is 2. The van der Waals surface area contributed by atoms with Crippen molar-refractivity contribution >= 4 is 16.6 Å². The smallest absolute Gasteiger partial charge is 0.230 e. The van der Waals surface area contributed by atoms with Crippen LogP contribution in [0.5, 0.6) is 11.6 Å². The third kappa shape index (κ3) is 2.30. The van der Waals surface area contributed by atoms with Crippen LogP contribution in [0.2, 0.25) is 0 Å². The number of halogens is 1. The SMILES string of the molecule is Nc1ccc2ncnc(Oc3cccc(F)c3)c2c1. The summed E-state index contributed by atoms with van der Waals surface area (Å²) in [4.78, 5) is 8.18. The lowest BCUT2D eigenvalue weighted by Gasteiger charge is -2.07. The van der Waals surface area contributed by atoms with E-state index < -0.39 is 0 Å². The molecule has 0 fully saturated rings. The molecule has 1 aromatic heterocycles. The topological polar surface area (TPSA) is 61.0 Å². The lowest BCUT2D eigenvalue weighted by molar-refractivity contribution is 0.463. The molecule has 2 aromatic carbocycles. The van der Waals surface area contributed by atoms with Crippen molar-refractivity contribution in [3.8, 4) is 11.6 Å². The summed E-state index contributed by atoms with van der Waals surface area (Å²) in [5.74, 6) is 0.362. The molecule has 0 aliphatic carbocycles. The van der Waals surface area contributed by atoms with Gasteiger partial charge in [0.1, 0.15) is 17.9 Å². The minimum absolute atomic E-state index is 0.350. The molecule has 19 heavy (non-hydrogen) atoms. The molecule has 0 amide bonds. The van der Waals surface area contributed by atoms with Crippen LogP contribution in [0.4, 0.5) is 10.1 Å². The first-order valence-electron chi connectivity index (χ1n) is 5.66. The molecule has 3 aromatic rings. The van der Waals surface area contributed by atoms with Crippen molar-refractivity contribution in [3.63, 3.8) is 0 Å². The van der Waals surface area contributed by atoms with E-state index in [0.717, 1.165) is 5.52 Å². The van der Waals surface area contributed by atoms with Crippen LogP contribution in [0.1, 0.15) is 0 Å². The van der Waals surface area contributed by atoms with Crippen LogP contribution in [0.25, 0.3) is 10.9 Å². The van der Waals surface area contributed by atoms with Crippen molar-refractivity contribution in [1.29, 1.82) is 0 Å². The third-order valence-corrected chi connectivity index (χ3v) is 2.63. The fraction of sp³-hybridized carbons (Fsp3) is 0. The van der Waals surface area contributed by atoms with E-state index in [9.17, 15) is 4.39 Å². The molecule has 0 spiro atoms. The third-order valence-electron chi connectivity index (χ3n) is 2.63. The fourth-order valence-electron chi connectivity index (χ4n) is 1.77. The number of rotatable bonds is 2. The molecule has 0 saturated heterocycles. The zero-order valence-electron chi connectivity index (χ0n) is 9.88. The second kappa shape index (κ2) is 4.53. The largest absolute Gasteiger partial charge is 0.438 e. The maximum Gasteiger partial charge on any atom is 0.230 e. The number of hydrogen-bond donors (Lipinski definition) is 1. The van der Waals surface area contributed by atoms with E-state index in [1.807, 2.05) is 0 Å². The van der Waals surface area contributed by atoms with Crippen molar-refractivity contribution in [2.75, 3.05) is 5.73 Å². The maximum atomic E-state index is 13.1. The fourth-order valence-corrected chi connectivity index (χ4v) is 1.77. The van der Waals surface area contributed by atoms with Gasteiger partial charge in [0.05, 0.1) is 10.9 Å². The molecule has 1 heterocycles. The number of nitrogen functional groups attached to an aromatic ring is 1. The van der Waals surface area contributed by atoms with E-state index in [-0.39, 0.29) is 5.82 Å². The first-order chi connectivity index (χ1) is 9.22. The van der Waals surface area contributed by atoms with Gasteiger partial charge < -0.3 is 10.5 Å². The number of ether oxygens (including phenoxy) is 1. The van der Waals surface area contributed by atoms with Gasteiger partial charge in [0.2, 0.25) is 5.88 Å². The Labute approximate surface area is 108 Å². The zero-order chi connectivity index (χ0) is 13.2. The van der Waals surface area contributed by atoms with Crippen molar-refractivity contribution in [1.82, 2.24) is 9.97 Å². The van der Waals surface area contributed by atoms with Crippen molar-refractivity contribution in [3.05, 3.63) is 54.6 Å². The van der Waals surface area contributed by atoms with Crippen LogP contribution < -0.4 is 10.5 Å². The van der Waals surface area contributed by atoms with Gasteiger partial charge >= 0.3 is 0 Å². The molecule has 4 nitrogen and oxygen atoms in total. The monoisotopic (exact) mass is 255 g/mol. The lowest BCUT2D eigenvalue weighted by Crippen LogP contribution is -1.93. The highest BCUT2D eigenvalue weighted by molar-refractivity contribution is 5.86. The van der Waals surface area contributed by atoms with Crippen LogP contribution in [-0.4, -0.2) is 9.97 Å². The molecular weight excluding hydrogens is 245 g/mol. The Morgan fingerprint density at radius 3 is 2.79 bits per heavy atom. The first kappa shape index (κ1) is 11.4. The Morgan fingerprint density at radius 1 is 1.05 bits per heavy atom. The highest BCUT2D eigenvalue weighted by Gasteiger charge is 2.07. The molecule has 0 radical (unpaired) electrons. The molecule has 3 rings (SSSR count). The molecule has 0 bridgehead atoms. The summed E-state index contributed by atoms with van der Waals surface area (Å²) in [6, 6.07) is 11.1. The maximum absolute atomic E-state index is 13.1. The van der Waals surface area contributed by atoms with Gasteiger partial charge in [-0.2, -0.15) is 0 Å². The second-order valence-corrected chi connectivity index (χ2v) is 4.01. The van der Waals surface area contributed by atoms with Gasteiger partial charge in [0.15, 0.2) is 0 Å². The number of nitrogens with two attached hydrogens (primary N) is 1. The standard InChI is InChI=1S/C14H10FN3O/c15-9-2-1-3-11(6-9)19-14-12-7-10(16)4-5-13(12)17-8-18-14/h1-8H,16H2. The summed E-state index contributed by atoms with van der Waals surface area (Å²) in [6.07, 6.45) is 1.40. The number of benzene rings is 2. The lowest BCUT2D eigenvalue weighted by atomic mass is 10.2. The van der Waals surface area contributed by atoms with Crippen molar-refractivity contribution in [2.24, 2.45) is 0 Å². The summed E-state index contributed by atoms with van der Waals surface area (Å²) in [5.41, 5.74) is 7.05. The quantitative estimate of drug-likeness (QED) is 0.714. The summed E-state index contributed by atoms with van der Waals surface area (Å²) < 4.78 is 18.7. The molecule has 0 unspecified atom stereocenters. The van der Waals surface area contributed by atoms with E-state index in [0.29, 0.717) is 22.7 Å². The van der Waals surface area contributed by atoms with Gasteiger partial charge in [-0.1, -0.05) is 6.07 Å². The molecular formula is C14H10FN3O. The van der Waals surface area contributed by atoms with Crippen molar-refractivity contribution in [2.45, 2.75) is 0 Å². The number of hydrogen-bond acceptors (Lipinski definition) is 4. The molecule has 94 valence electrons. The zero-order valence-corrected chi connectivity index (χ0v) is 9.88. The first-order valence-corrected chi connectivity index (χ1v) is 5.66. The molecule has 0 saturated carbocycles. The average molecular weight is 255 g/mol. The Bertz CT molecular complexity index is 746. The van der Waals surface area contributed by atoms with Gasteiger partial charge in [-0.3, -0.25) is 0 Å². The molecule has 0 aliphatic heterocycles. The van der Waals surface area contributed by atoms with Crippen LogP contribution in [0.15, 0.2) is 48.8 Å². The molecule has 0 atom stereocenters. The Hall–Kier alpha value is -2.69. The number of aromatic nitrogens is 2. The normalized spacial score (nSPS) is 10.6. The van der Waals surface area contributed by atoms with Crippen LogP contribution >= 0.6 is 0 Å². The highest BCUT2D eigenvalue weighted by atomic mass is 19.1. The van der Waals surface area contributed by atoms with Gasteiger partial charge in [-0.25, -0.2) is 14.4 Å². The van der Waals surface area contributed by atoms with Crippen LogP contribution in [0.3, 0.4) is 0 Å². The average Bonchev–Trinajstić information content (AvgIpc) is 2.39. The predicted octanol–water partition coefficient (Wildman–Crippen LogP) is 3.14. The van der Waals surface area contributed by atoms with Gasteiger partial charge in [-0.15, -0.1) is 0 Å². The van der Waals surface area contributed by atoms with E-state index in [2.05, 4.69) is 9.97 Å². The minimum atomic E-state index is -0.365. The van der Waals surface area contributed by atoms with E-state index in [1.165, 1.54) is 18.5 Å².